The molecule has 1 aromatic rings. The molecule has 0 bridgehead atoms. The summed E-state index contributed by atoms with van der Waals surface area (Å²) >= 11 is 6.70. The number of phenols is 1. The third kappa shape index (κ3) is 2.77. The number of halogens is 1. The smallest absolute Gasteiger partial charge is 0.293 e. The fourth-order valence-electron chi connectivity index (χ4n) is 1.71. The Labute approximate surface area is 120 Å². The minimum Gasteiger partial charge on any atom is -0.507 e. The summed E-state index contributed by atoms with van der Waals surface area (Å²) < 4.78 is 0. The van der Waals surface area contributed by atoms with Gasteiger partial charge in [0.2, 0.25) is 0 Å². The summed E-state index contributed by atoms with van der Waals surface area (Å²) in [6.45, 7) is 3.55. The summed E-state index contributed by atoms with van der Waals surface area (Å²) in [5, 5.41) is 9.85. The normalized spacial score (nSPS) is 17.9. The number of imide groups is 1. The number of benzene rings is 1. The van der Waals surface area contributed by atoms with Gasteiger partial charge >= 0.3 is 0 Å². The second kappa shape index (κ2) is 5.27. The Morgan fingerprint density at radius 2 is 2.05 bits per heavy atom. The molecule has 2 amide bonds. The van der Waals surface area contributed by atoms with E-state index >= 15 is 0 Å². The van der Waals surface area contributed by atoms with Gasteiger partial charge in [-0.15, -0.1) is 0 Å². The van der Waals surface area contributed by atoms with E-state index in [9.17, 15) is 14.7 Å². The maximum absolute atomic E-state index is 12.1. The minimum atomic E-state index is -0.343. The Hall–Kier alpha value is -1.46. The molecule has 0 unspecified atom stereocenters. The van der Waals surface area contributed by atoms with Crippen molar-refractivity contribution in [3.05, 3.63) is 33.7 Å². The number of nitrogens with zero attached hydrogens (tertiary/aromatic N) is 1. The molecule has 1 fully saturated rings. The van der Waals surface area contributed by atoms with Crippen molar-refractivity contribution in [2.24, 2.45) is 0 Å². The topological polar surface area (TPSA) is 57.6 Å². The van der Waals surface area contributed by atoms with Gasteiger partial charge in [-0.25, -0.2) is 0 Å². The fraction of sp³-hybridized carbons (Fsp3) is 0.231. The Bertz CT molecular complexity index is 583. The van der Waals surface area contributed by atoms with Gasteiger partial charge in [-0.05, 0) is 49.9 Å². The van der Waals surface area contributed by atoms with Gasteiger partial charge < -0.3 is 5.11 Å². The number of hydrogen-bond acceptors (Lipinski definition) is 4. The van der Waals surface area contributed by atoms with Gasteiger partial charge in [-0.3, -0.25) is 14.5 Å². The van der Waals surface area contributed by atoms with E-state index in [1.165, 1.54) is 17.0 Å². The van der Waals surface area contributed by atoms with Crippen LogP contribution in [0.25, 0.3) is 6.08 Å². The molecule has 1 saturated heterocycles. The van der Waals surface area contributed by atoms with Crippen LogP contribution in [0.1, 0.15) is 19.4 Å². The van der Waals surface area contributed by atoms with Crippen molar-refractivity contribution >= 4 is 40.6 Å². The molecule has 19 heavy (non-hydrogen) atoms. The molecular formula is C13H12ClNO3S. The SMILES string of the molecule is CC(C)N1C(=O)S/C(=C/c2cc(Cl)ccc2O)C1=O. The summed E-state index contributed by atoms with van der Waals surface area (Å²) in [5.41, 5.74) is 0.418. The highest BCUT2D eigenvalue weighted by atomic mass is 35.5. The maximum atomic E-state index is 12.1. The number of amides is 2. The lowest BCUT2D eigenvalue weighted by molar-refractivity contribution is -0.123. The van der Waals surface area contributed by atoms with E-state index in [-0.39, 0.29) is 27.8 Å². The van der Waals surface area contributed by atoms with Crippen molar-refractivity contribution in [2.45, 2.75) is 19.9 Å². The van der Waals surface area contributed by atoms with Crippen LogP contribution < -0.4 is 0 Å². The molecule has 0 spiro atoms. The molecule has 1 aliphatic heterocycles. The van der Waals surface area contributed by atoms with Crippen LogP contribution in [0.3, 0.4) is 0 Å². The maximum Gasteiger partial charge on any atom is 0.293 e. The third-order valence-corrected chi connectivity index (χ3v) is 3.73. The van der Waals surface area contributed by atoms with E-state index in [2.05, 4.69) is 0 Å². The number of rotatable bonds is 2. The highest BCUT2D eigenvalue weighted by Crippen LogP contribution is 2.35. The van der Waals surface area contributed by atoms with Crippen molar-refractivity contribution in [3.63, 3.8) is 0 Å². The van der Waals surface area contributed by atoms with Crippen molar-refractivity contribution in [1.29, 1.82) is 0 Å². The Balaban J connectivity index is 2.38. The van der Waals surface area contributed by atoms with Gasteiger partial charge in [0, 0.05) is 16.6 Å². The largest absolute Gasteiger partial charge is 0.507 e. The molecule has 6 heteroatoms. The molecule has 1 aromatic carbocycles. The zero-order valence-electron chi connectivity index (χ0n) is 10.4. The van der Waals surface area contributed by atoms with Gasteiger partial charge in [0.25, 0.3) is 11.1 Å². The van der Waals surface area contributed by atoms with Crippen molar-refractivity contribution in [1.82, 2.24) is 4.90 Å². The Morgan fingerprint density at radius 1 is 1.37 bits per heavy atom. The number of aromatic hydroxyl groups is 1. The molecule has 1 aliphatic rings. The van der Waals surface area contributed by atoms with Crippen molar-refractivity contribution in [3.8, 4) is 5.75 Å². The predicted molar refractivity (Wildman–Crippen MR) is 76.1 cm³/mol. The molecule has 0 atom stereocenters. The summed E-state index contributed by atoms with van der Waals surface area (Å²) in [7, 11) is 0. The van der Waals surface area contributed by atoms with Gasteiger partial charge in [0.1, 0.15) is 5.75 Å². The zero-order chi connectivity index (χ0) is 14.2. The monoisotopic (exact) mass is 297 g/mol. The molecule has 0 radical (unpaired) electrons. The fourth-order valence-corrected chi connectivity index (χ4v) is 2.84. The summed E-state index contributed by atoms with van der Waals surface area (Å²) in [6.07, 6.45) is 1.48. The highest BCUT2D eigenvalue weighted by Gasteiger charge is 2.36. The standard InChI is InChI=1S/C13H12ClNO3S/c1-7(2)15-12(17)11(19-13(15)18)6-8-5-9(14)3-4-10(8)16/h3-7,16H,1-2H3/b11-6+. The lowest BCUT2D eigenvalue weighted by Gasteiger charge is -2.16. The van der Waals surface area contributed by atoms with Crippen molar-refractivity contribution in [2.75, 3.05) is 0 Å². The minimum absolute atomic E-state index is 0.0146. The first-order valence-corrected chi connectivity index (χ1v) is 6.85. The second-order valence-corrected chi connectivity index (χ2v) is 5.78. The first-order chi connectivity index (χ1) is 8.90. The van der Waals surface area contributed by atoms with E-state index in [1.807, 2.05) is 0 Å². The lowest BCUT2D eigenvalue weighted by Crippen LogP contribution is -2.34. The zero-order valence-corrected chi connectivity index (χ0v) is 12.0. The number of carbonyl (C=O) groups is 2. The van der Waals surface area contributed by atoms with E-state index in [4.69, 9.17) is 11.6 Å². The Kier molecular flexibility index (Phi) is 3.87. The van der Waals surface area contributed by atoms with Gasteiger partial charge in [0.15, 0.2) is 0 Å². The van der Waals surface area contributed by atoms with Crippen LogP contribution in [-0.4, -0.2) is 27.2 Å². The first kappa shape index (κ1) is 14.0. The molecule has 2 rings (SSSR count). The van der Waals surface area contributed by atoms with E-state index < -0.39 is 0 Å². The van der Waals surface area contributed by atoms with Crippen LogP contribution in [0.15, 0.2) is 23.1 Å². The Morgan fingerprint density at radius 3 is 2.63 bits per heavy atom. The second-order valence-electron chi connectivity index (χ2n) is 4.35. The van der Waals surface area contributed by atoms with Gasteiger partial charge in [-0.2, -0.15) is 0 Å². The number of thioether (sulfide) groups is 1. The molecule has 100 valence electrons. The number of hydrogen-bond donors (Lipinski definition) is 1. The summed E-state index contributed by atoms with van der Waals surface area (Å²) in [6, 6.07) is 4.35. The van der Waals surface area contributed by atoms with Crippen LogP contribution in [0, 0.1) is 0 Å². The average molecular weight is 298 g/mol. The number of carbonyl (C=O) groups excluding carboxylic acids is 2. The first-order valence-electron chi connectivity index (χ1n) is 5.65. The molecule has 4 nitrogen and oxygen atoms in total. The lowest BCUT2D eigenvalue weighted by atomic mass is 10.2. The summed E-state index contributed by atoms with van der Waals surface area (Å²) in [4.78, 5) is 25.3. The van der Waals surface area contributed by atoms with Crippen LogP contribution in [0.2, 0.25) is 5.02 Å². The average Bonchev–Trinajstić information content (AvgIpc) is 2.59. The summed E-state index contributed by atoms with van der Waals surface area (Å²) in [5.74, 6) is -0.329. The van der Waals surface area contributed by atoms with E-state index in [1.54, 1.807) is 26.0 Å². The molecule has 1 heterocycles. The molecule has 0 aliphatic carbocycles. The van der Waals surface area contributed by atoms with Crippen LogP contribution >= 0.6 is 23.4 Å². The highest BCUT2D eigenvalue weighted by molar-refractivity contribution is 8.18. The van der Waals surface area contributed by atoms with Crippen LogP contribution in [0.4, 0.5) is 4.79 Å². The molecule has 1 N–H and O–H groups in total. The molecule has 0 saturated carbocycles. The van der Waals surface area contributed by atoms with E-state index in [0.29, 0.717) is 10.6 Å². The predicted octanol–water partition coefficient (Wildman–Crippen LogP) is 3.49. The van der Waals surface area contributed by atoms with Crippen LogP contribution in [0.5, 0.6) is 5.75 Å². The number of phenolic OH excluding ortho intramolecular Hbond substituents is 1. The third-order valence-electron chi connectivity index (χ3n) is 2.62. The molecular weight excluding hydrogens is 286 g/mol. The quantitative estimate of drug-likeness (QED) is 0.849. The van der Waals surface area contributed by atoms with E-state index in [0.717, 1.165) is 11.8 Å². The van der Waals surface area contributed by atoms with Gasteiger partial charge in [-0.1, -0.05) is 11.6 Å². The van der Waals surface area contributed by atoms with Gasteiger partial charge in [0.05, 0.1) is 4.91 Å². The van der Waals surface area contributed by atoms with Crippen LogP contribution in [-0.2, 0) is 4.79 Å². The van der Waals surface area contributed by atoms with Crippen molar-refractivity contribution < 1.29 is 14.7 Å². The molecule has 0 aromatic heterocycles.